The second-order valence-electron chi connectivity index (χ2n) is 3.48. The van der Waals surface area contributed by atoms with Gasteiger partial charge in [0.25, 0.3) is 0 Å². The minimum atomic E-state index is -3.65. The van der Waals surface area contributed by atoms with E-state index in [0.717, 1.165) is 6.08 Å². The van der Waals surface area contributed by atoms with E-state index in [4.69, 9.17) is 13.6 Å². The van der Waals surface area contributed by atoms with Crippen LogP contribution in [-0.2, 0) is 14.4 Å². The van der Waals surface area contributed by atoms with Gasteiger partial charge in [-0.1, -0.05) is 6.08 Å². The number of hydrogen-bond acceptors (Lipinski definition) is 4. The SMILES string of the molecule is [B]C(P)ONC(CC(N)=O)C(=O)C(F)(F)CC=C. The lowest BCUT2D eigenvalue weighted by molar-refractivity contribution is -0.150. The largest absolute Gasteiger partial charge is 0.370 e. The van der Waals surface area contributed by atoms with Gasteiger partial charge in [-0.2, -0.15) is 14.3 Å². The molecule has 0 bridgehead atoms. The summed E-state index contributed by atoms with van der Waals surface area (Å²) in [6.45, 7) is 3.12. The van der Waals surface area contributed by atoms with Crippen LogP contribution < -0.4 is 11.2 Å². The maximum Gasteiger partial charge on any atom is 0.310 e. The number of carbonyl (C=O) groups excluding carboxylic acids is 2. The average molecular weight is 278 g/mol. The molecule has 0 saturated heterocycles. The second kappa shape index (κ2) is 7.56. The number of hydrogen-bond donors (Lipinski definition) is 2. The van der Waals surface area contributed by atoms with Gasteiger partial charge in [-0.25, -0.2) is 0 Å². The molecule has 0 heterocycles. The number of alkyl halides is 2. The Kier molecular flexibility index (Phi) is 7.20. The average Bonchev–Trinajstić information content (AvgIpc) is 2.22. The van der Waals surface area contributed by atoms with Gasteiger partial charge in [0.2, 0.25) is 11.7 Å². The van der Waals surface area contributed by atoms with Crippen LogP contribution in [0.15, 0.2) is 12.7 Å². The Labute approximate surface area is 107 Å². The van der Waals surface area contributed by atoms with E-state index in [2.05, 4.69) is 11.4 Å². The summed E-state index contributed by atoms with van der Waals surface area (Å²) in [6, 6.07) is -1.57. The molecule has 9 heteroatoms. The quantitative estimate of drug-likeness (QED) is 0.266. The van der Waals surface area contributed by atoms with Gasteiger partial charge in [0.15, 0.2) is 0 Å². The van der Waals surface area contributed by atoms with Gasteiger partial charge in [-0.3, -0.25) is 9.59 Å². The Morgan fingerprint density at radius 2 is 2.17 bits per heavy atom. The van der Waals surface area contributed by atoms with Gasteiger partial charge in [0.05, 0.1) is 12.2 Å². The maximum absolute atomic E-state index is 13.3. The van der Waals surface area contributed by atoms with Crippen molar-refractivity contribution in [2.24, 2.45) is 5.73 Å². The highest BCUT2D eigenvalue weighted by atomic mass is 31.0. The predicted molar refractivity (Wildman–Crippen MR) is 65.8 cm³/mol. The van der Waals surface area contributed by atoms with Crippen molar-refractivity contribution in [3.05, 3.63) is 12.7 Å². The van der Waals surface area contributed by atoms with Crippen LogP contribution in [0.1, 0.15) is 12.8 Å². The third-order valence-corrected chi connectivity index (χ3v) is 1.97. The smallest absolute Gasteiger partial charge is 0.310 e. The van der Waals surface area contributed by atoms with Crippen molar-refractivity contribution in [2.45, 2.75) is 30.6 Å². The van der Waals surface area contributed by atoms with Crippen LogP contribution in [-0.4, -0.2) is 37.2 Å². The highest BCUT2D eigenvalue weighted by Gasteiger charge is 2.42. The van der Waals surface area contributed by atoms with Gasteiger partial charge in [-0.05, 0) is 0 Å². The van der Waals surface area contributed by atoms with Crippen LogP contribution in [0.5, 0.6) is 0 Å². The van der Waals surface area contributed by atoms with Gasteiger partial charge in [0, 0.05) is 6.42 Å². The first kappa shape index (κ1) is 17.2. The summed E-state index contributed by atoms with van der Waals surface area (Å²) in [6.07, 6.45) is -0.555. The fraction of sp³-hybridized carbons (Fsp3) is 0.556. The van der Waals surface area contributed by atoms with Crippen LogP contribution >= 0.6 is 9.24 Å². The molecule has 3 atom stereocenters. The van der Waals surface area contributed by atoms with Crippen molar-refractivity contribution in [3.8, 4) is 0 Å². The zero-order valence-electron chi connectivity index (χ0n) is 9.57. The molecule has 0 saturated carbocycles. The Hall–Kier alpha value is -0.845. The van der Waals surface area contributed by atoms with E-state index in [1.54, 1.807) is 0 Å². The number of nitrogens with two attached hydrogens (primary N) is 1. The minimum absolute atomic E-state index is 0.622. The molecule has 3 unspecified atom stereocenters. The van der Waals surface area contributed by atoms with Crippen LogP contribution in [0.4, 0.5) is 8.78 Å². The van der Waals surface area contributed by atoms with Crippen molar-refractivity contribution in [3.63, 3.8) is 0 Å². The highest BCUT2D eigenvalue weighted by Crippen LogP contribution is 2.22. The van der Waals surface area contributed by atoms with E-state index >= 15 is 0 Å². The first-order valence-corrected chi connectivity index (χ1v) is 5.61. The molecule has 1 amide bonds. The van der Waals surface area contributed by atoms with Gasteiger partial charge in [-0.15, -0.1) is 15.8 Å². The lowest BCUT2D eigenvalue weighted by Gasteiger charge is -2.22. The van der Waals surface area contributed by atoms with Crippen LogP contribution in [0.25, 0.3) is 0 Å². The van der Waals surface area contributed by atoms with Crippen LogP contribution in [0, 0.1) is 0 Å². The van der Waals surface area contributed by atoms with E-state index in [1.165, 1.54) is 0 Å². The van der Waals surface area contributed by atoms with E-state index in [9.17, 15) is 18.4 Å². The molecule has 0 rings (SSSR count). The molecule has 0 aliphatic heterocycles. The van der Waals surface area contributed by atoms with E-state index in [-0.39, 0.29) is 0 Å². The Morgan fingerprint density at radius 1 is 1.61 bits per heavy atom. The molecule has 2 radical (unpaired) electrons. The molecule has 18 heavy (non-hydrogen) atoms. The molecule has 0 aliphatic rings. The fourth-order valence-electron chi connectivity index (χ4n) is 1.09. The van der Waals surface area contributed by atoms with Gasteiger partial charge >= 0.3 is 5.92 Å². The van der Waals surface area contributed by atoms with Gasteiger partial charge < -0.3 is 10.6 Å². The molecule has 0 aromatic carbocycles. The number of halogens is 2. The zero-order chi connectivity index (χ0) is 14.3. The summed E-state index contributed by atoms with van der Waals surface area (Å²) >= 11 is 0. The van der Waals surface area contributed by atoms with E-state index in [1.807, 2.05) is 14.7 Å². The topological polar surface area (TPSA) is 81.4 Å². The van der Waals surface area contributed by atoms with Crippen molar-refractivity contribution < 1.29 is 23.2 Å². The summed E-state index contributed by atoms with van der Waals surface area (Å²) in [4.78, 5) is 26.8. The highest BCUT2D eigenvalue weighted by molar-refractivity contribution is 7.20. The molecule has 0 spiro atoms. The number of ketones is 1. The molecule has 0 aliphatic carbocycles. The summed E-state index contributed by atoms with van der Waals surface area (Å²) in [7, 11) is 7.20. The summed E-state index contributed by atoms with van der Waals surface area (Å²) < 4.78 is 26.7. The molecular formula is C9H14BF2N2O3P. The van der Waals surface area contributed by atoms with Crippen LogP contribution in [0.2, 0.25) is 0 Å². The zero-order valence-corrected chi connectivity index (χ0v) is 10.7. The Bertz CT molecular complexity index is 329. The number of Topliss-reactive ketones (excluding diaryl/α,β-unsaturated/α-hetero) is 1. The van der Waals surface area contributed by atoms with Crippen molar-refractivity contribution in [1.82, 2.24) is 5.48 Å². The summed E-state index contributed by atoms with van der Waals surface area (Å²) in [5.41, 5.74) is 6.87. The minimum Gasteiger partial charge on any atom is -0.370 e. The number of carbonyl (C=O) groups is 2. The molecule has 100 valence electrons. The third-order valence-electron chi connectivity index (χ3n) is 1.83. The molecule has 5 nitrogen and oxygen atoms in total. The lowest BCUT2D eigenvalue weighted by Crippen LogP contribution is -2.48. The molecule has 3 N–H and O–H groups in total. The number of primary amides is 1. The number of amides is 1. The number of hydroxylamine groups is 1. The summed E-state index contributed by atoms with van der Waals surface area (Å²) in [5.74, 6) is -6.99. The van der Waals surface area contributed by atoms with Crippen molar-refractivity contribution in [1.29, 1.82) is 0 Å². The number of rotatable bonds is 9. The van der Waals surface area contributed by atoms with E-state index in [0.29, 0.717) is 0 Å². The standard InChI is InChI=1S/C9H14BF2N2O3P/c1-2-3-9(11,12)7(16)5(4-6(13)15)14-17-8(10)18/h2,5,8,14H,1,3-4,18H2,(H2,13,15). The predicted octanol–water partition coefficient (Wildman–Crippen LogP) is -0.141. The molecule has 0 aromatic rings. The fourth-order valence-corrected chi connectivity index (χ4v) is 1.17. The number of nitrogens with one attached hydrogen (secondary N) is 1. The Morgan fingerprint density at radius 3 is 2.56 bits per heavy atom. The molecule has 0 aromatic heterocycles. The first-order chi connectivity index (χ1) is 8.20. The van der Waals surface area contributed by atoms with E-state index < -0.39 is 42.2 Å². The lowest BCUT2D eigenvalue weighted by atomic mass is 10.0. The molecular weight excluding hydrogens is 264 g/mol. The normalized spacial score (nSPS) is 14.8. The maximum atomic E-state index is 13.3. The first-order valence-electron chi connectivity index (χ1n) is 4.94. The monoisotopic (exact) mass is 278 g/mol. The van der Waals surface area contributed by atoms with Crippen molar-refractivity contribution >= 4 is 28.8 Å². The number of allylic oxidation sites excluding steroid dienone is 1. The third kappa shape index (κ3) is 6.19. The Balaban J connectivity index is 4.77. The second-order valence-corrected chi connectivity index (χ2v) is 4.14. The summed E-state index contributed by atoms with van der Waals surface area (Å²) in [5, 5.41) is 0. The van der Waals surface area contributed by atoms with Crippen molar-refractivity contribution in [2.75, 3.05) is 0 Å². The van der Waals surface area contributed by atoms with Gasteiger partial charge in [0.1, 0.15) is 13.9 Å². The van der Waals surface area contributed by atoms with Crippen LogP contribution in [0.3, 0.4) is 0 Å². The molecule has 0 fully saturated rings.